The summed E-state index contributed by atoms with van der Waals surface area (Å²) in [5.41, 5.74) is 3.98. The molecule has 0 atom stereocenters. The van der Waals surface area contributed by atoms with Crippen molar-refractivity contribution in [3.8, 4) is 11.5 Å². The van der Waals surface area contributed by atoms with Crippen LogP contribution in [0.4, 0.5) is 5.69 Å². The summed E-state index contributed by atoms with van der Waals surface area (Å²) in [6, 6.07) is 10.1. The molecule has 0 N–H and O–H groups in total. The van der Waals surface area contributed by atoms with Gasteiger partial charge < -0.3 is 18.9 Å². The van der Waals surface area contributed by atoms with E-state index < -0.39 is 4.92 Å². The summed E-state index contributed by atoms with van der Waals surface area (Å²) in [5.74, 6) is 1.26. The van der Waals surface area contributed by atoms with E-state index in [0.717, 1.165) is 16.7 Å². The van der Waals surface area contributed by atoms with E-state index >= 15 is 0 Å². The van der Waals surface area contributed by atoms with Crippen LogP contribution in [0.5, 0.6) is 11.5 Å². The molecular weight excluding hydrogens is 386 g/mol. The second kappa shape index (κ2) is 11.7. The predicted octanol–water partition coefficient (Wildman–Crippen LogP) is 5.24. The Morgan fingerprint density at radius 2 is 1.67 bits per heavy atom. The quantitative estimate of drug-likeness (QED) is 0.165. The lowest BCUT2D eigenvalue weighted by Crippen LogP contribution is -2.05. The molecule has 0 saturated heterocycles. The highest BCUT2D eigenvalue weighted by molar-refractivity contribution is 5.74. The fourth-order valence-corrected chi connectivity index (χ4v) is 2.67. The highest BCUT2D eigenvalue weighted by atomic mass is 16.7. The number of nitro benzene ring substituents is 1. The SMILES string of the molecule is COCOc1cc(/C=C/c2ccc([N+](=O)[O-])cc2)c(CC=C(C)C)c(OCOC)c1. The van der Waals surface area contributed by atoms with Gasteiger partial charge in [0.2, 0.25) is 0 Å². The maximum Gasteiger partial charge on any atom is 0.269 e. The molecule has 0 unspecified atom stereocenters. The molecule has 0 radical (unpaired) electrons. The largest absolute Gasteiger partial charge is 0.467 e. The van der Waals surface area contributed by atoms with E-state index in [1.807, 2.05) is 38.1 Å². The van der Waals surface area contributed by atoms with Crippen LogP contribution in [0.1, 0.15) is 30.5 Å². The Kier molecular flexibility index (Phi) is 9.05. The van der Waals surface area contributed by atoms with E-state index in [2.05, 4.69) is 6.08 Å². The number of rotatable bonds is 11. The first-order valence-electron chi connectivity index (χ1n) is 9.41. The van der Waals surface area contributed by atoms with Crippen LogP contribution in [0.3, 0.4) is 0 Å². The van der Waals surface area contributed by atoms with Crippen LogP contribution < -0.4 is 9.47 Å². The molecule has 2 aromatic carbocycles. The second-order valence-corrected chi connectivity index (χ2v) is 6.76. The first-order valence-corrected chi connectivity index (χ1v) is 9.41. The van der Waals surface area contributed by atoms with Crippen molar-refractivity contribution in [3.05, 3.63) is 74.9 Å². The Morgan fingerprint density at radius 1 is 1.00 bits per heavy atom. The number of benzene rings is 2. The zero-order valence-corrected chi connectivity index (χ0v) is 17.7. The second-order valence-electron chi connectivity index (χ2n) is 6.76. The van der Waals surface area contributed by atoms with Crippen molar-refractivity contribution >= 4 is 17.8 Å². The van der Waals surface area contributed by atoms with Crippen molar-refractivity contribution in [2.24, 2.45) is 0 Å². The Hall–Kier alpha value is -3.16. The number of ether oxygens (including phenoxy) is 4. The van der Waals surface area contributed by atoms with E-state index in [1.165, 1.54) is 17.7 Å². The summed E-state index contributed by atoms with van der Waals surface area (Å²) >= 11 is 0. The maximum absolute atomic E-state index is 10.8. The van der Waals surface area contributed by atoms with Crippen molar-refractivity contribution in [3.63, 3.8) is 0 Å². The summed E-state index contributed by atoms with van der Waals surface area (Å²) in [6.45, 7) is 4.31. The standard InChI is InChI=1S/C23H27NO6/c1-17(2)5-12-22-19(9-6-18-7-10-20(11-8-18)24(25)26)13-21(29-15-27-3)14-23(22)30-16-28-4/h5-11,13-14H,12,15-16H2,1-4H3/b9-6+. The number of hydrogen-bond acceptors (Lipinski definition) is 6. The number of nitrogens with zero attached hydrogens (tertiary/aromatic N) is 1. The van der Waals surface area contributed by atoms with Crippen molar-refractivity contribution in [2.75, 3.05) is 27.8 Å². The van der Waals surface area contributed by atoms with Gasteiger partial charge in [0.1, 0.15) is 11.5 Å². The molecule has 0 aliphatic carbocycles. The zero-order valence-electron chi connectivity index (χ0n) is 17.7. The van der Waals surface area contributed by atoms with Gasteiger partial charge in [-0.05, 0) is 49.6 Å². The van der Waals surface area contributed by atoms with E-state index in [0.29, 0.717) is 17.9 Å². The summed E-state index contributed by atoms with van der Waals surface area (Å²) in [7, 11) is 3.12. The molecular formula is C23H27NO6. The highest BCUT2D eigenvalue weighted by Crippen LogP contribution is 2.32. The summed E-state index contributed by atoms with van der Waals surface area (Å²) < 4.78 is 21.5. The number of hydrogen-bond donors (Lipinski definition) is 0. The average Bonchev–Trinajstić information content (AvgIpc) is 2.73. The fraction of sp³-hybridized carbons (Fsp3) is 0.304. The monoisotopic (exact) mass is 413 g/mol. The summed E-state index contributed by atoms with van der Waals surface area (Å²) in [6.07, 6.45) is 6.62. The molecule has 160 valence electrons. The number of non-ortho nitro benzene ring substituents is 1. The molecule has 7 heteroatoms. The minimum absolute atomic E-state index is 0.0570. The van der Waals surface area contributed by atoms with Gasteiger partial charge in [-0.3, -0.25) is 10.1 Å². The molecule has 30 heavy (non-hydrogen) atoms. The molecule has 0 aliphatic heterocycles. The lowest BCUT2D eigenvalue weighted by atomic mass is 10.00. The van der Waals surface area contributed by atoms with Gasteiger partial charge in [0.15, 0.2) is 13.6 Å². The third-order valence-electron chi connectivity index (χ3n) is 4.17. The highest BCUT2D eigenvalue weighted by Gasteiger charge is 2.12. The van der Waals surface area contributed by atoms with Gasteiger partial charge >= 0.3 is 0 Å². The first kappa shape index (κ1) is 23.1. The van der Waals surface area contributed by atoms with Gasteiger partial charge in [-0.15, -0.1) is 0 Å². The number of methoxy groups -OCH3 is 2. The Balaban J connectivity index is 2.45. The molecule has 0 aliphatic rings. The van der Waals surface area contributed by atoms with Crippen molar-refractivity contribution in [1.29, 1.82) is 0 Å². The molecule has 7 nitrogen and oxygen atoms in total. The summed E-state index contributed by atoms with van der Waals surface area (Å²) in [4.78, 5) is 10.4. The first-order chi connectivity index (χ1) is 14.4. The van der Waals surface area contributed by atoms with Crippen LogP contribution in [0.2, 0.25) is 0 Å². The van der Waals surface area contributed by atoms with Crippen LogP contribution in [-0.2, 0) is 15.9 Å². The molecule has 0 spiro atoms. The van der Waals surface area contributed by atoms with Gasteiger partial charge in [0.05, 0.1) is 4.92 Å². The van der Waals surface area contributed by atoms with Gasteiger partial charge in [-0.25, -0.2) is 0 Å². The Labute approximate surface area is 176 Å². The van der Waals surface area contributed by atoms with Gasteiger partial charge in [0.25, 0.3) is 5.69 Å². The molecule has 0 bridgehead atoms. The molecule has 0 fully saturated rings. The van der Waals surface area contributed by atoms with Crippen LogP contribution >= 0.6 is 0 Å². The third-order valence-corrected chi connectivity index (χ3v) is 4.17. The minimum Gasteiger partial charge on any atom is -0.467 e. The van der Waals surface area contributed by atoms with Crippen molar-refractivity contribution in [2.45, 2.75) is 20.3 Å². The Bertz CT molecular complexity index is 899. The van der Waals surface area contributed by atoms with E-state index in [4.69, 9.17) is 18.9 Å². The van der Waals surface area contributed by atoms with Gasteiger partial charge in [0, 0.05) is 38.0 Å². The van der Waals surface area contributed by atoms with Gasteiger partial charge in [-0.2, -0.15) is 0 Å². The molecule has 0 heterocycles. The summed E-state index contributed by atoms with van der Waals surface area (Å²) in [5, 5.41) is 10.8. The van der Waals surface area contributed by atoms with E-state index in [9.17, 15) is 10.1 Å². The van der Waals surface area contributed by atoms with Crippen LogP contribution in [0, 0.1) is 10.1 Å². The Morgan fingerprint density at radius 3 is 2.27 bits per heavy atom. The zero-order chi connectivity index (χ0) is 21.9. The normalized spacial score (nSPS) is 10.8. The van der Waals surface area contributed by atoms with Gasteiger partial charge in [-0.1, -0.05) is 23.8 Å². The minimum atomic E-state index is -0.416. The van der Waals surface area contributed by atoms with Crippen LogP contribution in [-0.4, -0.2) is 32.7 Å². The maximum atomic E-state index is 10.8. The third kappa shape index (κ3) is 7.02. The molecule has 2 rings (SSSR count). The lowest BCUT2D eigenvalue weighted by molar-refractivity contribution is -0.384. The number of allylic oxidation sites excluding steroid dienone is 2. The molecule has 0 amide bonds. The van der Waals surface area contributed by atoms with E-state index in [1.54, 1.807) is 26.4 Å². The van der Waals surface area contributed by atoms with Crippen molar-refractivity contribution in [1.82, 2.24) is 0 Å². The molecule has 2 aromatic rings. The lowest BCUT2D eigenvalue weighted by Gasteiger charge is -2.16. The average molecular weight is 413 g/mol. The van der Waals surface area contributed by atoms with Crippen LogP contribution in [0.15, 0.2) is 48.0 Å². The smallest absolute Gasteiger partial charge is 0.269 e. The van der Waals surface area contributed by atoms with Crippen molar-refractivity contribution < 1.29 is 23.9 Å². The number of nitro groups is 1. The fourth-order valence-electron chi connectivity index (χ4n) is 2.67. The molecule has 0 saturated carbocycles. The molecule has 0 aromatic heterocycles. The predicted molar refractivity (Wildman–Crippen MR) is 117 cm³/mol. The van der Waals surface area contributed by atoms with E-state index in [-0.39, 0.29) is 19.3 Å². The topological polar surface area (TPSA) is 80.1 Å². The van der Waals surface area contributed by atoms with Crippen LogP contribution in [0.25, 0.3) is 12.2 Å².